The van der Waals surface area contributed by atoms with Crippen LogP contribution in [0.25, 0.3) is 0 Å². The van der Waals surface area contributed by atoms with Crippen LogP contribution in [-0.4, -0.2) is 43.0 Å². The number of amides is 1. The van der Waals surface area contributed by atoms with E-state index in [1.54, 1.807) is 0 Å². The van der Waals surface area contributed by atoms with Crippen molar-refractivity contribution in [3.8, 4) is 0 Å². The number of likely N-dealkylation sites (tertiary alicyclic amines) is 1. The summed E-state index contributed by atoms with van der Waals surface area (Å²) in [4.78, 5) is 15.0. The fourth-order valence-electron chi connectivity index (χ4n) is 4.95. The summed E-state index contributed by atoms with van der Waals surface area (Å²) in [6.07, 6.45) is 8.23. The zero-order valence-electron chi connectivity index (χ0n) is 14.1. The summed E-state index contributed by atoms with van der Waals surface area (Å²) in [7, 11) is 0. The van der Waals surface area contributed by atoms with Gasteiger partial charge in [0.25, 0.3) is 0 Å². The Morgan fingerprint density at radius 2 is 1.77 bits per heavy atom. The molecule has 1 heterocycles. The highest BCUT2D eigenvalue weighted by Gasteiger charge is 2.41. The number of fused-ring (bicyclic) bond motifs is 2. The van der Waals surface area contributed by atoms with E-state index in [-0.39, 0.29) is 5.92 Å². The van der Waals surface area contributed by atoms with Crippen molar-refractivity contribution in [2.24, 2.45) is 29.4 Å². The minimum atomic E-state index is 0.264. The van der Waals surface area contributed by atoms with Crippen molar-refractivity contribution in [3.63, 3.8) is 0 Å². The van der Waals surface area contributed by atoms with E-state index in [1.807, 2.05) is 0 Å². The van der Waals surface area contributed by atoms with Gasteiger partial charge in [-0.3, -0.25) is 4.79 Å². The summed E-state index contributed by atoms with van der Waals surface area (Å²) in [5.74, 6) is 2.66. The molecule has 2 atom stereocenters. The minimum absolute atomic E-state index is 0.264. The van der Waals surface area contributed by atoms with E-state index in [2.05, 4.69) is 17.1 Å². The molecule has 0 radical (unpaired) electrons. The van der Waals surface area contributed by atoms with Gasteiger partial charge in [-0.15, -0.1) is 0 Å². The van der Waals surface area contributed by atoms with Crippen LogP contribution in [-0.2, 0) is 4.79 Å². The van der Waals surface area contributed by atoms with Crippen LogP contribution in [0.2, 0.25) is 0 Å². The second-order valence-corrected chi connectivity index (χ2v) is 7.77. The maximum atomic E-state index is 12.9. The molecule has 2 aliphatic carbocycles. The van der Waals surface area contributed by atoms with E-state index in [4.69, 9.17) is 5.73 Å². The van der Waals surface area contributed by atoms with Gasteiger partial charge in [-0.25, -0.2) is 0 Å². The molecule has 3 rings (SSSR count). The molecule has 0 aromatic heterocycles. The molecule has 126 valence electrons. The van der Waals surface area contributed by atoms with Gasteiger partial charge in [-0.1, -0.05) is 13.3 Å². The number of carbonyl (C=O) groups is 1. The van der Waals surface area contributed by atoms with Crippen molar-refractivity contribution < 1.29 is 4.79 Å². The summed E-state index contributed by atoms with van der Waals surface area (Å²) < 4.78 is 0. The second-order valence-electron chi connectivity index (χ2n) is 7.77. The monoisotopic (exact) mass is 307 g/mol. The first kappa shape index (κ1) is 16.3. The van der Waals surface area contributed by atoms with E-state index >= 15 is 0 Å². The summed E-state index contributed by atoms with van der Waals surface area (Å²) >= 11 is 0. The van der Waals surface area contributed by atoms with Gasteiger partial charge in [-0.05, 0) is 69.4 Å². The second kappa shape index (κ2) is 7.31. The third-order valence-corrected chi connectivity index (χ3v) is 6.37. The largest absolute Gasteiger partial charge is 0.342 e. The van der Waals surface area contributed by atoms with Crippen LogP contribution in [0.15, 0.2) is 0 Å². The highest BCUT2D eigenvalue weighted by Crippen LogP contribution is 2.42. The molecule has 1 amide bonds. The molecule has 22 heavy (non-hydrogen) atoms. The Balaban J connectivity index is 1.50. The van der Waals surface area contributed by atoms with Gasteiger partial charge in [0.15, 0.2) is 0 Å². The summed E-state index contributed by atoms with van der Waals surface area (Å²) in [6, 6.07) is 0.364. The van der Waals surface area contributed by atoms with Gasteiger partial charge >= 0.3 is 0 Å². The van der Waals surface area contributed by atoms with Crippen molar-refractivity contribution in [1.82, 2.24) is 10.2 Å². The number of piperidine rings is 1. The van der Waals surface area contributed by atoms with Crippen molar-refractivity contribution >= 4 is 5.91 Å². The standard InChI is InChI=1S/C18H33N3O/c1-2-20-12-13-6-8-21(9-7-13)18(22)16-10-14-4-3-5-15(11-16)17(14)19/h13-17,20H,2-12,19H2,1H3. The van der Waals surface area contributed by atoms with Gasteiger partial charge in [-0.2, -0.15) is 0 Å². The van der Waals surface area contributed by atoms with E-state index in [9.17, 15) is 4.79 Å². The van der Waals surface area contributed by atoms with Gasteiger partial charge in [0, 0.05) is 25.0 Å². The molecule has 2 saturated carbocycles. The number of nitrogens with one attached hydrogen (secondary N) is 1. The quantitative estimate of drug-likeness (QED) is 0.835. The van der Waals surface area contributed by atoms with Crippen molar-refractivity contribution in [1.29, 1.82) is 0 Å². The molecule has 2 bridgehead atoms. The summed E-state index contributed by atoms with van der Waals surface area (Å²) in [5, 5.41) is 3.44. The number of carbonyl (C=O) groups excluding carboxylic acids is 1. The highest BCUT2D eigenvalue weighted by molar-refractivity contribution is 5.79. The Morgan fingerprint density at radius 3 is 2.36 bits per heavy atom. The van der Waals surface area contributed by atoms with Crippen LogP contribution in [0.4, 0.5) is 0 Å². The number of hydrogen-bond acceptors (Lipinski definition) is 3. The third-order valence-electron chi connectivity index (χ3n) is 6.37. The zero-order chi connectivity index (χ0) is 15.5. The van der Waals surface area contributed by atoms with Crippen molar-refractivity contribution in [2.75, 3.05) is 26.2 Å². The Hall–Kier alpha value is -0.610. The lowest BCUT2D eigenvalue weighted by atomic mass is 9.65. The fourth-order valence-corrected chi connectivity index (χ4v) is 4.95. The number of rotatable bonds is 4. The van der Waals surface area contributed by atoms with Gasteiger partial charge in [0.2, 0.25) is 5.91 Å². The molecule has 1 saturated heterocycles. The maximum Gasteiger partial charge on any atom is 0.225 e. The van der Waals surface area contributed by atoms with Crippen LogP contribution in [0.5, 0.6) is 0 Å². The molecule has 0 aromatic carbocycles. The van der Waals surface area contributed by atoms with Crippen LogP contribution in [0, 0.1) is 23.7 Å². The van der Waals surface area contributed by atoms with Crippen LogP contribution in [0.3, 0.4) is 0 Å². The van der Waals surface area contributed by atoms with Crippen molar-refractivity contribution in [3.05, 3.63) is 0 Å². The van der Waals surface area contributed by atoms with Gasteiger partial charge in [0.05, 0.1) is 0 Å². The van der Waals surface area contributed by atoms with Gasteiger partial charge < -0.3 is 16.0 Å². The topological polar surface area (TPSA) is 58.4 Å². The molecule has 0 spiro atoms. The number of nitrogens with two attached hydrogens (primary N) is 1. The first-order valence-corrected chi connectivity index (χ1v) is 9.44. The molecule has 1 aliphatic heterocycles. The van der Waals surface area contributed by atoms with Crippen LogP contribution >= 0.6 is 0 Å². The lowest BCUT2D eigenvalue weighted by molar-refractivity contribution is -0.140. The Kier molecular flexibility index (Phi) is 5.40. The molecule has 2 unspecified atom stereocenters. The first-order valence-electron chi connectivity index (χ1n) is 9.44. The summed E-state index contributed by atoms with van der Waals surface area (Å²) in [6.45, 7) is 6.24. The van der Waals surface area contributed by atoms with E-state index in [0.717, 1.165) is 57.8 Å². The lowest BCUT2D eigenvalue weighted by Crippen LogP contribution is -2.51. The molecule has 0 aromatic rings. The van der Waals surface area contributed by atoms with Crippen LogP contribution < -0.4 is 11.1 Å². The highest BCUT2D eigenvalue weighted by atomic mass is 16.2. The molecular formula is C18H33N3O. The maximum absolute atomic E-state index is 12.9. The molecule has 3 fully saturated rings. The van der Waals surface area contributed by atoms with E-state index in [1.165, 1.54) is 19.3 Å². The molecule has 4 heteroatoms. The fraction of sp³-hybridized carbons (Fsp3) is 0.944. The van der Waals surface area contributed by atoms with E-state index < -0.39 is 0 Å². The van der Waals surface area contributed by atoms with E-state index in [0.29, 0.717) is 23.8 Å². The first-order chi connectivity index (χ1) is 10.7. The number of nitrogens with zero attached hydrogens (tertiary/aromatic N) is 1. The molecular weight excluding hydrogens is 274 g/mol. The zero-order valence-corrected chi connectivity index (χ0v) is 14.1. The Morgan fingerprint density at radius 1 is 1.14 bits per heavy atom. The lowest BCUT2D eigenvalue weighted by Gasteiger charge is -2.45. The predicted molar refractivity (Wildman–Crippen MR) is 89.4 cm³/mol. The Labute approximate surface area is 135 Å². The average Bonchev–Trinajstić information content (AvgIpc) is 2.52. The minimum Gasteiger partial charge on any atom is -0.342 e. The SMILES string of the molecule is CCNCC1CCN(C(=O)C2CC3CCCC(C2)C3N)CC1. The molecule has 4 nitrogen and oxygen atoms in total. The smallest absolute Gasteiger partial charge is 0.225 e. The average molecular weight is 307 g/mol. The third kappa shape index (κ3) is 3.48. The van der Waals surface area contributed by atoms with Crippen molar-refractivity contribution in [2.45, 2.75) is 57.9 Å². The number of hydrogen-bond donors (Lipinski definition) is 2. The predicted octanol–water partition coefficient (Wildman–Crippen LogP) is 1.99. The molecule has 3 N–H and O–H groups in total. The summed E-state index contributed by atoms with van der Waals surface area (Å²) in [5.41, 5.74) is 6.36. The normalized spacial score (nSPS) is 36.4. The molecule has 3 aliphatic rings. The van der Waals surface area contributed by atoms with Crippen LogP contribution in [0.1, 0.15) is 51.9 Å². The Bertz CT molecular complexity index is 365. The van der Waals surface area contributed by atoms with Gasteiger partial charge in [0.1, 0.15) is 0 Å².